The maximum Gasteiger partial charge on any atom is 0.330 e. The first-order valence-electron chi connectivity index (χ1n) is 6.89. The van der Waals surface area contributed by atoms with Crippen molar-refractivity contribution >= 4 is 5.97 Å². The van der Waals surface area contributed by atoms with Gasteiger partial charge in [-0.05, 0) is 35.4 Å². The second kappa shape index (κ2) is 7.88. The Morgan fingerprint density at radius 2 is 1.50 bits per heavy atom. The van der Waals surface area contributed by atoms with E-state index in [9.17, 15) is 4.79 Å². The molecule has 22 heavy (non-hydrogen) atoms. The monoisotopic (exact) mass is 298 g/mol. The molecule has 0 spiro atoms. The zero-order valence-electron chi connectivity index (χ0n) is 12.5. The lowest BCUT2D eigenvalue weighted by Gasteiger charge is -2.08. The van der Waals surface area contributed by atoms with E-state index < -0.39 is 5.97 Å². The van der Waals surface area contributed by atoms with Crippen molar-refractivity contribution in [1.29, 1.82) is 0 Å². The van der Waals surface area contributed by atoms with Crippen molar-refractivity contribution in [3.8, 4) is 22.6 Å². The van der Waals surface area contributed by atoms with Gasteiger partial charge in [-0.15, -0.1) is 0 Å². The Hall–Kier alpha value is -2.75. The van der Waals surface area contributed by atoms with Crippen LogP contribution >= 0.6 is 0 Å². The van der Waals surface area contributed by atoms with Gasteiger partial charge in [0.2, 0.25) is 0 Å². The molecule has 0 amide bonds. The Bertz CT molecular complexity index is 615. The summed E-state index contributed by atoms with van der Waals surface area (Å²) in [4.78, 5) is 10.9. The number of carbonyl (C=O) groups excluding carboxylic acids is 1. The van der Waals surface area contributed by atoms with Crippen LogP contribution in [-0.2, 0) is 9.53 Å². The van der Waals surface area contributed by atoms with E-state index in [1.54, 1.807) is 7.11 Å². The molecule has 2 aromatic carbocycles. The summed E-state index contributed by atoms with van der Waals surface area (Å²) < 4.78 is 15.5. The van der Waals surface area contributed by atoms with Crippen molar-refractivity contribution < 1.29 is 19.0 Å². The third-order valence-electron chi connectivity index (χ3n) is 3.04. The minimum absolute atomic E-state index is 0.199. The van der Waals surface area contributed by atoms with Gasteiger partial charge >= 0.3 is 5.97 Å². The number of methoxy groups -OCH3 is 1. The zero-order chi connectivity index (χ0) is 15.8. The fourth-order valence-electron chi connectivity index (χ4n) is 1.89. The highest BCUT2D eigenvalue weighted by atomic mass is 16.6. The summed E-state index contributed by atoms with van der Waals surface area (Å²) in [5, 5.41) is 0. The van der Waals surface area contributed by atoms with Crippen LogP contribution in [-0.4, -0.2) is 26.3 Å². The molecule has 0 fully saturated rings. The smallest absolute Gasteiger partial charge is 0.330 e. The van der Waals surface area contributed by atoms with E-state index >= 15 is 0 Å². The summed E-state index contributed by atoms with van der Waals surface area (Å²) in [5.74, 6) is 1.11. The molecule has 0 saturated carbocycles. The highest BCUT2D eigenvalue weighted by Gasteiger charge is 2.00. The van der Waals surface area contributed by atoms with Crippen LogP contribution in [0.25, 0.3) is 11.1 Å². The van der Waals surface area contributed by atoms with Crippen molar-refractivity contribution in [1.82, 2.24) is 0 Å². The van der Waals surface area contributed by atoms with Gasteiger partial charge in [0.15, 0.2) is 0 Å². The van der Waals surface area contributed by atoms with E-state index in [4.69, 9.17) is 14.2 Å². The molecule has 0 aliphatic rings. The van der Waals surface area contributed by atoms with Crippen LogP contribution < -0.4 is 9.47 Å². The lowest BCUT2D eigenvalue weighted by Crippen LogP contribution is -2.10. The molecule has 0 aliphatic heterocycles. The maximum absolute atomic E-state index is 10.9. The number of benzene rings is 2. The number of hydrogen-bond acceptors (Lipinski definition) is 4. The second-order valence-corrected chi connectivity index (χ2v) is 4.47. The van der Waals surface area contributed by atoms with Gasteiger partial charge < -0.3 is 14.2 Å². The number of carbonyl (C=O) groups is 1. The molecule has 114 valence electrons. The molecular formula is C18H18O4. The third-order valence-corrected chi connectivity index (χ3v) is 3.04. The highest BCUT2D eigenvalue weighted by molar-refractivity contribution is 5.81. The Balaban J connectivity index is 1.89. The second-order valence-electron chi connectivity index (χ2n) is 4.47. The molecule has 0 atom stereocenters. The maximum atomic E-state index is 10.9. The Labute approximate surface area is 129 Å². The third kappa shape index (κ3) is 4.38. The number of esters is 1. The predicted octanol–water partition coefficient (Wildman–Crippen LogP) is 3.47. The molecule has 4 nitrogen and oxygen atoms in total. The summed E-state index contributed by atoms with van der Waals surface area (Å²) in [6, 6.07) is 15.6. The Morgan fingerprint density at radius 3 is 2.00 bits per heavy atom. The van der Waals surface area contributed by atoms with Crippen LogP contribution in [0.15, 0.2) is 61.2 Å². The van der Waals surface area contributed by atoms with Gasteiger partial charge in [0.25, 0.3) is 0 Å². The molecule has 0 aromatic heterocycles. The minimum atomic E-state index is -0.446. The molecule has 2 rings (SSSR count). The van der Waals surface area contributed by atoms with Gasteiger partial charge in [-0.3, -0.25) is 0 Å². The summed E-state index contributed by atoms with van der Waals surface area (Å²) >= 11 is 0. The SMILES string of the molecule is C=CC(=O)OCCOc1ccc(-c2ccc(OC)cc2)cc1. The zero-order valence-corrected chi connectivity index (χ0v) is 12.5. The predicted molar refractivity (Wildman–Crippen MR) is 85.1 cm³/mol. The molecule has 2 aromatic rings. The van der Waals surface area contributed by atoms with Crippen molar-refractivity contribution in [2.24, 2.45) is 0 Å². The summed E-state index contributed by atoms with van der Waals surface area (Å²) in [7, 11) is 1.65. The highest BCUT2D eigenvalue weighted by Crippen LogP contribution is 2.24. The Kier molecular flexibility index (Phi) is 5.60. The average molecular weight is 298 g/mol. The van der Waals surface area contributed by atoms with Crippen LogP contribution in [0.1, 0.15) is 0 Å². The van der Waals surface area contributed by atoms with E-state index in [0.717, 1.165) is 28.7 Å². The molecule has 4 heteroatoms. The van der Waals surface area contributed by atoms with E-state index in [1.807, 2.05) is 48.5 Å². The summed E-state index contributed by atoms with van der Waals surface area (Å²) in [6.45, 7) is 3.83. The lowest BCUT2D eigenvalue weighted by atomic mass is 10.1. The average Bonchev–Trinajstić information content (AvgIpc) is 2.59. The van der Waals surface area contributed by atoms with E-state index in [-0.39, 0.29) is 6.61 Å². The normalized spacial score (nSPS) is 9.86. The molecule has 0 saturated heterocycles. The first-order chi connectivity index (χ1) is 10.7. The summed E-state index contributed by atoms with van der Waals surface area (Å²) in [5.41, 5.74) is 2.19. The fourth-order valence-corrected chi connectivity index (χ4v) is 1.89. The topological polar surface area (TPSA) is 44.8 Å². The molecule has 0 aliphatic carbocycles. The number of ether oxygens (including phenoxy) is 3. The molecule has 0 bridgehead atoms. The number of rotatable bonds is 7. The van der Waals surface area contributed by atoms with Crippen LogP contribution in [0.3, 0.4) is 0 Å². The van der Waals surface area contributed by atoms with Gasteiger partial charge in [-0.25, -0.2) is 4.79 Å². The van der Waals surface area contributed by atoms with Crippen molar-refractivity contribution in [2.75, 3.05) is 20.3 Å². The van der Waals surface area contributed by atoms with Crippen LogP contribution in [0.5, 0.6) is 11.5 Å². The van der Waals surface area contributed by atoms with Crippen molar-refractivity contribution in [3.63, 3.8) is 0 Å². The fraction of sp³-hybridized carbons (Fsp3) is 0.167. The van der Waals surface area contributed by atoms with Crippen LogP contribution in [0, 0.1) is 0 Å². The number of hydrogen-bond donors (Lipinski definition) is 0. The van der Waals surface area contributed by atoms with Gasteiger partial charge in [0.05, 0.1) is 7.11 Å². The van der Waals surface area contributed by atoms with E-state index in [1.165, 1.54) is 0 Å². The first-order valence-corrected chi connectivity index (χ1v) is 6.89. The van der Waals surface area contributed by atoms with Crippen molar-refractivity contribution in [3.05, 3.63) is 61.2 Å². The molecular weight excluding hydrogens is 280 g/mol. The van der Waals surface area contributed by atoms with E-state index in [0.29, 0.717) is 6.61 Å². The quantitative estimate of drug-likeness (QED) is 0.446. The molecule has 0 radical (unpaired) electrons. The van der Waals surface area contributed by atoms with Gasteiger partial charge in [-0.2, -0.15) is 0 Å². The van der Waals surface area contributed by atoms with Crippen molar-refractivity contribution in [2.45, 2.75) is 0 Å². The molecule has 0 N–H and O–H groups in total. The van der Waals surface area contributed by atoms with E-state index in [2.05, 4.69) is 6.58 Å². The first kappa shape index (κ1) is 15.6. The molecule has 0 heterocycles. The van der Waals surface area contributed by atoms with Gasteiger partial charge in [-0.1, -0.05) is 30.8 Å². The minimum Gasteiger partial charge on any atom is -0.497 e. The molecule has 0 unspecified atom stereocenters. The summed E-state index contributed by atoms with van der Waals surface area (Å²) in [6.07, 6.45) is 1.13. The Morgan fingerprint density at radius 1 is 0.955 bits per heavy atom. The largest absolute Gasteiger partial charge is 0.497 e. The van der Waals surface area contributed by atoms with Gasteiger partial charge in [0.1, 0.15) is 24.7 Å². The standard InChI is InChI=1S/C18H18O4/c1-3-18(19)22-13-12-21-17-10-6-15(7-11-17)14-4-8-16(20-2)9-5-14/h3-11H,1,12-13H2,2H3. The van der Waals surface area contributed by atoms with Crippen LogP contribution in [0.2, 0.25) is 0 Å². The van der Waals surface area contributed by atoms with Gasteiger partial charge in [0, 0.05) is 6.08 Å². The lowest BCUT2D eigenvalue weighted by molar-refractivity contribution is -0.138. The van der Waals surface area contributed by atoms with Crippen LogP contribution in [0.4, 0.5) is 0 Å².